The van der Waals surface area contributed by atoms with Gasteiger partial charge in [-0.2, -0.15) is 0 Å². The van der Waals surface area contributed by atoms with Crippen LogP contribution in [0.3, 0.4) is 0 Å². The smallest absolute Gasteiger partial charge is 0.326 e. The Morgan fingerprint density at radius 1 is 1.26 bits per heavy atom. The van der Waals surface area contributed by atoms with Crippen molar-refractivity contribution < 1.29 is 28.8 Å². The number of carboxylic acids is 1. The van der Waals surface area contributed by atoms with Crippen LogP contribution in [0.2, 0.25) is 0 Å². The number of aliphatic carboxylic acids is 1. The number of benzene rings is 1. The average molecular weight is 369 g/mol. The van der Waals surface area contributed by atoms with E-state index in [4.69, 9.17) is 9.63 Å². The number of hydrogen-bond acceptors (Lipinski definition) is 6. The SMILES string of the molecule is Cc1onc(-c2ccccc2)c1C(=O)NC1C(=O)N2C(C(=O)O)CC(=O)[C@H]12. The Morgan fingerprint density at radius 2 is 1.96 bits per heavy atom. The molecule has 0 spiro atoms. The monoisotopic (exact) mass is 369 g/mol. The maximum Gasteiger partial charge on any atom is 0.326 e. The summed E-state index contributed by atoms with van der Waals surface area (Å²) in [5, 5.41) is 15.6. The molecule has 2 saturated heterocycles. The Labute approximate surface area is 152 Å². The van der Waals surface area contributed by atoms with Gasteiger partial charge in [-0.15, -0.1) is 0 Å². The van der Waals surface area contributed by atoms with E-state index in [0.29, 0.717) is 11.3 Å². The molecule has 2 N–H and O–H groups in total. The molecule has 3 atom stereocenters. The average Bonchev–Trinajstić information content (AvgIpc) is 3.18. The molecule has 4 rings (SSSR count). The number of aromatic nitrogens is 1. The Bertz CT molecular complexity index is 967. The lowest BCUT2D eigenvalue weighted by atomic mass is 9.94. The molecule has 0 radical (unpaired) electrons. The highest BCUT2D eigenvalue weighted by Crippen LogP contribution is 2.34. The van der Waals surface area contributed by atoms with Crippen molar-refractivity contribution >= 4 is 23.6 Å². The highest BCUT2D eigenvalue weighted by atomic mass is 16.5. The van der Waals surface area contributed by atoms with E-state index >= 15 is 0 Å². The van der Waals surface area contributed by atoms with Crippen LogP contribution in [-0.2, 0) is 14.4 Å². The number of aryl methyl sites for hydroxylation is 1. The number of β-lactam (4-membered cyclic amide) rings is 1. The van der Waals surface area contributed by atoms with Crippen molar-refractivity contribution in [3.63, 3.8) is 0 Å². The van der Waals surface area contributed by atoms with Crippen molar-refractivity contribution in [1.82, 2.24) is 15.4 Å². The molecule has 9 heteroatoms. The van der Waals surface area contributed by atoms with Crippen LogP contribution in [0.5, 0.6) is 0 Å². The van der Waals surface area contributed by atoms with E-state index in [1.165, 1.54) is 0 Å². The van der Waals surface area contributed by atoms with Gasteiger partial charge in [-0.1, -0.05) is 35.5 Å². The third-order valence-electron chi connectivity index (χ3n) is 4.90. The summed E-state index contributed by atoms with van der Waals surface area (Å²) in [5.41, 5.74) is 1.17. The van der Waals surface area contributed by atoms with Gasteiger partial charge in [0.05, 0.1) is 0 Å². The largest absolute Gasteiger partial charge is 0.480 e. The molecule has 9 nitrogen and oxygen atoms in total. The number of ketones is 1. The van der Waals surface area contributed by atoms with Gasteiger partial charge in [-0.25, -0.2) is 4.79 Å². The van der Waals surface area contributed by atoms with Gasteiger partial charge in [0, 0.05) is 12.0 Å². The molecule has 138 valence electrons. The van der Waals surface area contributed by atoms with Crippen molar-refractivity contribution in [2.45, 2.75) is 31.5 Å². The van der Waals surface area contributed by atoms with Crippen LogP contribution in [-0.4, -0.2) is 56.9 Å². The van der Waals surface area contributed by atoms with Gasteiger partial charge in [0.15, 0.2) is 5.78 Å². The summed E-state index contributed by atoms with van der Waals surface area (Å²) < 4.78 is 5.14. The molecule has 2 unspecified atom stereocenters. The number of nitrogens with zero attached hydrogens (tertiary/aromatic N) is 2. The van der Waals surface area contributed by atoms with E-state index in [9.17, 15) is 19.2 Å². The van der Waals surface area contributed by atoms with E-state index in [1.807, 2.05) is 6.07 Å². The molecular formula is C18H15N3O6. The van der Waals surface area contributed by atoms with Crippen molar-refractivity contribution in [2.24, 2.45) is 0 Å². The molecule has 0 bridgehead atoms. The number of carbonyl (C=O) groups is 4. The fraction of sp³-hybridized carbons (Fsp3) is 0.278. The lowest BCUT2D eigenvalue weighted by Gasteiger charge is -2.43. The van der Waals surface area contributed by atoms with Crippen molar-refractivity contribution in [3.8, 4) is 11.3 Å². The van der Waals surface area contributed by atoms with E-state index in [1.54, 1.807) is 31.2 Å². The second-order valence-corrected chi connectivity index (χ2v) is 6.49. The van der Waals surface area contributed by atoms with Gasteiger partial charge < -0.3 is 19.8 Å². The van der Waals surface area contributed by atoms with E-state index in [-0.39, 0.29) is 23.5 Å². The van der Waals surface area contributed by atoms with Gasteiger partial charge >= 0.3 is 5.97 Å². The first-order chi connectivity index (χ1) is 12.9. The summed E-state index contributed by atoms with van der Waals surface area (Å²) in [6, 6.07) is 5.75. The number of Topliss-reactive ketones (excluding diaryl/α,β-unsaturated/α-hetero) is 1. The molecule has 2 fully saturated rings. The Hall–Kier alpha value is -3.49. The molecule has 27 heavy (non-hydrogen) atoms. The first-order valence-electron chi connectivity index (χ1n) is 8.30. The summed E-state index contributed by atoms with van der Waals surface area (Å²) >= 11 is 0. The van der Waals surface area contributed by atoms with Crippen LogP contribution < -0.4 is 5.32 Å². The van der Waals surface area contributed by atoms with Crippen LogP contribution in [0, 0.1) is 6.92 Å². The molecule has 2 aromatic rings. The zero-order chi connectivity index (χ0) is 19.3. The normalized spacial score (nSPS) is 23.7. The minimum atomic E-state index is -1.23. The first kappa shape index (κ1) is 17.0. The maximum atomic E-state index is 12.8. The molecule has 1 aromatic heterocycles. The third kappa shape index (κ3) is 2.50. The predicted octanol–water partition coefficient (Wildman–Crippen LogP) is 0.385. The number of rotatable bonds is 4. The minimum absolute atomic E-state index is 0.174. The molecule has 2 amide bonds. The second-order valence-electron chi connectivity index (χ2n) is 6.49. The van der Waals surface area contributed by atoms with E-state index in [0.717, 1.165) is 4.90 Å². The van der Waals surface area contributed by atoms with Crippen molar-refractivity contribution in [1.29, 1.82) is 0 Å². The van der Waals surface area contributed by atoms with Crippen LogP contribution in [0.1, 0.15) is 22.5 Å². The quantitative estimate of drug-likeness (QED) is 0.745. The second kappa shape index (κ2) is 6.04. The lowest BCUT2D eigenvalue weighted by Crippen LogP contribution is -2.72. The van der Waals surface area contributed by atoms with Crippen LogP contribution >= 0.6 is 0 Å². The van der Waals surface area contributed by atoms with Gasteiger partial charge in [0.2, 0.25) is 5.91 Å². The van der Waals surface area contributed by atoms with E-state index < -0.39 is 35.9 Å². The Kier molecular flexibility index (Phi) is 3.79. The Balaban J connectivity index is 1.58. The number of nitrogens with one attached hydrogen (secondary N) is 1. The van der Waals surface area contributed by atoms with Crippen molar-refractivity contribution in [2.75, 3.05) is 0 Å². The summed E-state index contributed by atoms with van der Waals surface area (Å²) in [6.07, 6.45) is -0.250. The highest BCUT2D eigenvalue weighted by Gasteiger charge is 2.61. The first-order valence-corrected chi connectivity index (χ1v) is 8.30. The minimum Gasteiger partial charge on any atom is -0.480 e. The molecule has 1 aromatic carbocycles. The summed E-state index contributed by atoms with van der Waals surface area (Å²) in [4.78, 5) is 49.4. The number of carboxylic acid groups (broad SMARTS) is 1. The molecule has 0 aliphatic carbocycles. The zero-order valence-corrected chi connectivity index (χ0v) is 14.2. The van der Waals surface area contributed by atoms with E-state index in [2.05, 4.69) is 10.5 Å². The summed E-state index contributed by atoms with van der Waals surface area (Å²) in [5.74, 6) is -2.52. The van der Waals surface area contributed by atoms with Gasteiger partial charge in [-0.05, 0) is 6.92 Å². The molecule has 3 heterocycles. The van der Waals surface area contributed by atoms with Gasteiger partial charge in [0.1, 0.15) is 35.1 Å². The van der Waals surface area contributed by atoms with Gasteiger partial charge in [-0.3, -0.25) is 14.4 Å². The number of amides is 2. The predicted molar refractivity (Wildman–Crippen MR) is 89.6 cm³/mol. The number of carbonyl (C=O) groups excluding carboxylic acids is 3. The molecule has 2 aliphatic heterocycles. The van der Waals surface area contributed by atoms with Crippen LogP contribution in [0.4, 0.5) is 0 Å². The molecule has 2 aliphatic rings. The summed E-state index contributed by atoms with van der Waals surface area (Å²) in [6.45, 7) is 1.57. The highest BCUT2D eigenvalue weighted by molar-refractivity contribution is 6.12. The lowest BCUT2D eigenvalue weighted by molar-refractivity contribution is -0.160. The number of hydrogen-bond donors (Lipinski definition) is 2. The van der Waals surface area contributed by atoms with Gasteiger partial charge in [0.25, 0.3) is 5.91 Å². The zero-order valence-electron chi connectivity index (χ0n) is 14.2. The van der Waals surface area contributed by atoms with Crippen LogP contribution in [0.25, 0.3) is 11.3 Å². The molecular weight excluding hydrogens is 354 g/mol. The maximum absolute atomic E-state index is 12.8. The van der Waals surface area contributed by atoms with Crippen molar-refractivity contribution in [3.05, 3.63) is 41.7 Å². The number of fused-ring (bicyclic) bond motifs is 1. The fourth-order valence-electron chi connectivity index (χ4n) is 3.60. The topological polar surface area (TPSA) is 130 Å². The fourth-order valence-corrected chi connectivity index (χ4v) is 3.60. The summed E-state index contributed by atoms with van der Waals surface area (Å²) in [7, 11) is 0. The third-order valence-corrected chi connectivity index (χ3v) is 4.90. The van der Waals surface area contributed by atoms with Crippen LogP contribution in [0.15, 0.2) is 34.9 Å². The standard InChI is InChI=1S/C18H15N3O6/c1-8-12(13(20-27-8)9-5-3-2-4-6-9)16(23)19-14-15-11(22)7-10(18(25)26)21(15)17(14)24/h2-6,10,14-15H,7H2,1H3,(H,19,23)(H,25,26)/t10?,14?,15-/m1/s1. The molecule has 0 saturated carbocycles. The Morgan fingerprint density at radius 3 is 2.63 bits per heavy atom.